The summed E-state index contributed by atoms with van der Waals surface area (Å²) in [6, 6.07) is 8.50. The molecule has 0 aliphatic carbocycles. The Kier molecular flexibility index (Phi) is 6.42. The van der Waals surface area contributed by atoms with E-state index >= 15 is 0 Å². The molecule has 102 valence electrons. The summed E-state index contributed by atoms with van der Waals surface area (Å²) in [5.74, 6) is 0. The van der Waals surface area contributed by atoms with Crippen molar-refractivity contribution in [3.05, 3.63) is 35.4 Å². The van der Waals surface area contributed by atoms with E-state index in [4.69, 9.17) is 5.73 Å². The maximum Gasteiger partial charge on any atom is 0.0383 e. The smallest absolute Gasteiger partial charge is 0.0383 e. The van der Waals surface area contributed by atoms with E-state index in [9.17, 15) is 0 Å². The highest BCUT2D eigenvalue weighted by Gasteiger charge is 2.21. The first-order chi connectivity index (χ1) is 8.58. The molecule has 1 unspecified atom stereocenters. The maximum absolute atomic E-state index is 6.48. The molecule has 0 amide bonds. The predicted molar refractivity (Wildman–Crippen MR) is 80.7 cm³/mol. The van der Waals surface area contributed by atoms with Gasteiger partial charge in [-0.3, -0.25) is 0 Å². The van der Waals surface area contributed by atoms with E-state index in [1.54, 1.807) is 0 Å². The van der Waals surface area contributed by atoms with Crippen molar-refractivity contribution in [3.63, 3.8) is 0 Å². The summed E-state index contributed by atoms with van der Waals surface area (Å²) in [6.07, 6.45) is 9.07. The van der Waals surface area contributed by atoms with E-state index in [1.165, 1.54) is 49.7 Å². The molecule has 0 saturated carbocycles. The van der Waals surface area contributed by atoms with E-state index < -0.39 is 0 Å². The van der Waals surface area contributed by atoms with Crippen LogP contribution < -0.4 is 5.73 Å². The lowest BCUT2D eigenvalue weighted by molar-refractivity contribution is 0.419. The molecular formula is C17H29N. The molecule has 0 aromatic heterocycles. The summed E-state index contributed by atoms with van der Waals surface area (Å²) in [5.41, 5.74) is 8.93. The summed E-state index contributed by atoms with van der Waals surface area (Å²) in [5, 5.41) is 0. The second kappa shape index (κ2) is 7.58. The van der Waals surface area contributed by atoms with E-state index in [2.05, 4.69) is 45.0 Å². The molecule has 0 radical (unpaired) electrons. The Bertz CT molecular complexity index is 341. The third-order valence-corrected chi connectivity index (χ3v) is 3.81. The molecule has 1 aromatic carbocycles. The minimum atomic E-state index is -0.171. The molecule has 0 fully saturated rings. The lowest BCUT2D eigenvalue weighted by Crippen LogP contribution is -2.33. The van der Waals surface area contributed by atoms with Gasteiger partial charge in [-0.15, -0.1) is 0 Å². The Hall–Kier alpha value is -0.820. The van der Waals surface area contributed by atoms with Crippen LogP contribution >= 0.6 is 0 Å². The SMILES string of the molecule is CCCCCCCCC(C)(N)c1ccccc1C. The van der Waals surface area contributed by atoms with Crippen LogP contribution in [0.1, 0.15) is 69.9 Å². The number of unbranched alkanes of at least 4 members (excludes halogenated alkanes) is 5. The molecule has 2 N–H and O–H groups in total. The van der Waals surface area contributed by atoms with Gasteiger partial charge in [0.1, 0.15) is 0 Å². The fourth-order valence-corrected chi connectivity index (χ4v) is 2.62. The molecule has 1 rings (SSSR count). The lowest BCUT2D eigenvalue weighted by Gasteiger charge is -2.27. The molecule has 1 atom stereocenters. The van der Waals surface area contributed by atoms with Crippen LogP contribution in [0.4, 0.5) is 0 Å². The first kappa shape index (κ1) is 15.2. The second-order valence-electron chi connectivity index (χ2n) is 5.75. The molecular weight excluding hydrogens is 218 g/mol. The van der Waals surface area contributed by atoms with Crippen LogP contribution in [-0.2, 0) is 5.54 Å². The average molecular weight is 247 g/mol. The van der Waals surface area contributed by atoms with Crippen molar-refractivity contribution in [1.82, 2.24) is 0 Å². The lowest BCUT2D eigenvalue weighted by atomic mass is 9.85. The molecule has 1 aromatic rings. The van der Waals surface area contributed by atoms with Crippen LogP contribution in [0.25, 0.3) is 0 Å². The highest BCUT2D eigenvalue weighted by Crippen LogP contribution is 2.27. The van der Waals surface area contributed by atoms with Crippen molar-refractivity contribution in [2.45, 2.75) is 71.3 Å². The molecule has 0 aliphatic heterocycles. The minimum Gasteiger partial charge on any atom is -0.322 e. The molecule has 18 heavy (non-hydrogen) atoms. The van der Waals surface area contributed by atoms with Gasteiger partial charge in [0.15, 0.2) is 0 Å². The van der Waals surface area contributed by atoms with Gasteiger partial charge in [0, 0.05) is 5.54 Å². The number of nitrogens with two attached hydrogens (primary N) is 1. The number of benzene rings is 1. The van der Waals surface area contributed by atoms with Gasteiger partial charge >= 0.3 is 0 Å². The van der Waals surface area contributed by atoms with Crippen LogP contribution in [0.5, 0.6) is 0 Å². The van der Waals surface area contributed by atoms with Crippen molar-refractivity contribution >= 4 is 0 Å². The summed E-state index contributed by atoms with van der Waals surface area (Å²) < 4.78 is 0. The van der Waals surface area contributed by atoms with Crippen LogP contribution in [0.3, 0.4) is 0 Å². The third-order valence-electron chi connectivity index (χ3n) is 3.81. The topological polar surface area (TPSA) is 26.0 Å². The molecule has 0 bridgehead atoms. The molecule has 1 nitrogen and oxygen atoms in total. The summed E-state index contributed by atoms with van der Waals surface area (Å²) in [4.78, 5) is 0. The zero-order valence-electron chi connectivity index (χ0n) is 12.3. The van der Waals surface area contributed by atoms with Crippen LogP contribution in [-0.4, -0.2) is 0 Å². The zero-order valence-corrected chi connectivity index (χ0v) is 12.3. The van der Waals surface area contributed by atoms with Crippen molar-refractivity contribution in [1.29, 1.82) is 0 Å². The van der Waals surface area contributed by atoms with E-state index in [1.807, 2.05) is 0 Å². The summed E-state index contributed by atoms with van der Waals surface area (Å²) in [6.45, 7) is 6.58. The largest absolute Gasteiger partial charge is 0.322 e. The Morgan fingerprint density at radius 3 is 2.28 bits per heavy atom. The Labute approximate surface area is 113 Å². The van der Waals surface area contributed by atoms with Gasteiger partial charge < -0.3 is 5.73 Å². The molecule has 0 spiro atoms. The van der Waals surface area contributed by atoms with E-state index in [0.29, 0.717) is 0 Å². The normalized spacial score (nSPS) is 14.4. The second-order valence-corrected chi connectivity index (χ2v) is 5.75. The Morgan fingerprint density at radius 2 is 1.61 bits per heavy atom. The van der Waals surface area contributed by atoms with Crippen molar-refractivity contribution < 1.29 is 0 Å². The van der Waals surface area contributed by atoms with E-state index in [-0.39, 0.29) is 5.54 Å². The summed E-state index contributed by atoms with van der Waals surface area (Å²) in [7, 11) is 0. The fourth-order valence-electron chi connectivity index (χ4n) is 2.62. The maximum atomic E-state index is 6.48. The fraction of sp³-hybridized carbons (Fsp3) is 0.647. The average Bonchev–Trinajstić information content (AvgIpc) is 2.34. The number of hydrogen-bond donors (Lipinski definition) is 1. The van der Waals surface area contributed by atoms with Gasteiger partial charge in [0.2, 0.25) is 0 Å². The van der Waals surface area contributed by atoms with Gasteiger partial charge in [-0.2, -0.15) is 0 Å². The molecule has 0 saturated heterocycles. The van der Waals surface area contributed by atoms with Gasteiger partial charge in [-0.1, -0.05) is 69.7 Å². The number of aryl methyl sites for hydroxylation is 1. The molecule has 0 heterocycles. The zero-order chi connectivity index (χ0) is 13.4. The van der Waals surface area contributed by atoms with Gasteiger partial charge in [0.05, 0.1) is 0 Å². The highest BCUT2D eigenvalue weighted by atomic mass is 14.7. The van der Waals surface area contributed by atoms with Gasteiger partial charge in [-0.05, 0) is 31.4 Å². The van der Waals surface area contributed by atoms with Crippen LogP contribution in [0.15, 0.2) is 24.3 Å². The molecule has 0 aliphatic rings. The van der Waals surface area contributed by atoms with E-state index in [0.717, 1.165) is 6.42 Å². The highest BCUT2D eigenvalue weighted by molar-refractivity contribution is 5.31. The number of hydrogen-bond acceptors (Lipinski definition) is 1. The van der Waals surface area contributed by atoms with Crippen LogP contribution in [0, 0.1) is 6.92 Å². The van der Waals surface area contributed by atoms with Crippen LogP contribution in [0.2, 0.25) is 0 Å². The Morgan fingerprint density at radius 1 is 1.00 bits per heavy atom. The standard InChI is InChI=1S/C17H29N/c1-4-5-6-7-8-11-14-17(3,18)16-13-10-9-12-15(16)2/h9-10,12-13H,4-8,11,14,18H2,1-3H3. The predicted octanol–water partition coefficient (Wildman–Crippen LogP) is 4.92. The van der Waals surface area contributed by atoms with Crippen molar-refractivity contribution in [3.8, 4) is 0 Å². The first-order valence-electron chi connectivity index (χ1n) is 7.43. The first-order valence-corrected chi connectivity index (χ1v) is 7.43. The quantitative estimate of drug-likeness (QED) is 0.648. The minimum absolute atomic E-state index is 0.171. The van der Waals surface area contributed by atoms with Gasteiger partial charge in [0.25, 0.3) is 0 Å². The molecule has 1 heteroatoms. The Balaban J connectivity index is 2.38. The van der Waals surface area contributed by atoms with Crippen molar-refractivity contribution in [2.24, 2.45) is 5.73 Å². The summed E-state index contributed by atoms with van der Waals surface area (Å²) >= 11 is 0. The third kappa shape index (κ3) is 4.81. The monoisotopic (exact) mass is 247 g/mol. The van der Waals surface area contributed by atoms with Crippen molar-refractivity contribution in [2.75, 3.05) is 0 Å². The number of rotatable bonds is 8. The van der Waals surface area contributed by atoms with Gasteiger partial charge in [-0.25, -0.2) is 0 Å².